The minimum absolute atomic E-state index is 0.0587. The predicted octanol–water partition coefficient (Wildman–Crippen LogP) is 4.52. The highest BCUT2D eigenvalue weighted by molar-refractivity contribution is 7.16. The number of rotatable bonds is 5. The topological polar surface area (TPSA) is 45.2 Å². The summed E-state index contributed by atoms with van der Waals surface area (Å²) in [5.74, 6) is -0.0587. The molecule has 0 spiro atoms. The van der Waals surface area contributed by atoms with Gasteiger partial charge >= 0.3 is 0 Å². The molecule has 6 heteroatoms. The lowest BCUT2D eigenvalue weighted by molar-refractivity contribution is 0.0938. The van der Waals surface area contributed by atoms with Crippen LogP contribution >= 0.6 is 22.9 Å². The average Bonchev–Trinajstić information content (AvgIpc) is 3.34. The molecule has 4 rings (SSSR count). The van der Waals surface area contributed by atoms with Crippen molar-refractivity contribution in [3.63, 3.8) is 0 Å². The number of halogens is 1. The van der Waals surface area contributed by atoms with E-state index in [1.54, 1.807) is 16.8 Å². The Morgan fingerprint density at radius 3 is 2.85 bits per heavy atom. The Morgan fingerprint density at radius 1 is 1.23 bits per heavy atom. The molecule has 1 aliphatic heterocycles. The van der Waals surface area contributed by atoms with Gasteiger partial charge in [0.1, 0.15) is 0 Å². The number of carbonyl (C=O) groups excluding carboxylic acids is 1. The van der Waals surface area contributed by atoms with Gasteiger partial charge in [-0.2, -0.15) is 0 Å². The molecule has 0 saturated carbocycles. The summed E-state index contributed by atoms with van der Waals surface area (Å²) in [7, 11) is 0. The molecule has 0 bridgehead atoms. The lowest BCUT2D eigenvalue weighted by atomic mass is 10.0. The molecule has 1 fully saturated rings. The third-order valence-corrected chi connectivity index (χ3v) is 6.03. The molecule has 134 valence electrons. The van der Waals surface area contributed by atoms with E-state index in [1.165, 1.54) is 12.8 Å². The number of benzene rings is 2. The molecule has 26 heavy (non-hydrogen) atoms. The van der Waals surface area contributed by atoms with Crippen LogP contribution in [0.4, 0.5) is 0 Å². The van der Waals surface area contributed by atoms with Crippen molar-refractivity contribution in [3.8, 4) is 0 Å². The van der Waals surface area contributed by atoms with Gasteiger partial charge in [0, 0.05) is 17.1 Å². The molecule has 1 atom stereocenters. The third-order valence-electron chi connectivity index (χ3n) is 4.90. The van der Waals surface area contributed by atoms with Crippen molar-refractivity contribution in [1.82, 2.24) is 15.2 Å². The van der Waals surface area contributed by atoms with Crippen LogP contribution in [0.5, 0.6) is 0 Å². The predicted molar refractivity (Wildman–Crippen MR) is 107 cm³/mol. The van der Waals surface area contributed by atoms with E-state index in [1.807, 2.05) is 36.4 Å². The summed E-state index contributed by atoms with van der Waals surface area (Å²) >= 11 is 7.98. The second-order valence-electron chi connectivity index (χ2n) is 6.53. The second kappa shape index (κ2) is 7.74. The van der Waals surface area contributed by atoms with Gasteiger partial charge in [-0.3, -0.25) is 9.69 Å². The molecule has 0 radical (unpaired) electrons. The Kier molecular flexibility index (Phi) is 5.20. The second-order valence-corrected chi connectivity index (χ2v) is 7.82. The minimum atomic E-state index is -0.0587. The quantitative estimate of drug-likeness (QED) is 0.702. The zero-order valence-electron chi connectivity index (χ0n) is 14.3. The van der Waals surface area contributed by atoms with Crippen LogP contribution in [0.3, 0.4) is 0 Å². The normalized spacial score (nSPS) is 16.0. The number of carbonyl (C=O) groups is 1. The van der Waals surface area contributed by atoms with E-state index in [0.29, 0.717) is 12.1 Å². The molecule has 2 heterocycles. The summed E-state index contributed by atoms with van der Waals surface area (Å²) < 4.78 is 1.03. The molecule has 3 aromatic rings. The van der Waals surface area contributed by atoms with E-state index in [9.17, 15) is 4.79 Å². The van der Waals surface area contributed by atoms with E-state index in [4.69, 9.17) is 11.6 Å². The van der Waals surface area contributed by atoms with Crippen molar-refractivity contribution in [2.24, 2.45) is 0 Å². The van der Waals surface area contributed by atoms with Gasteiger partial charge < -0.3 is 5.32 Å². The molecular weight excluding hydrogens is 366 g/mol. The lowest BCUT2D eigenvalue weighted by Gasteiger charge is -2.29. The summed E-state index contributed by atoms with van der Waals surface area (Å²) in [6, 6.07) is 13.6. The number of fused-ring (bicyclic) bond motifs is 1. The molecule has 1 aromatic heterocycles. The van der Waals surface area contributed by atoms with Crippen LogP contribution in [0.15, 0.2) is 48.0 Å². The van der Waals surface area contributed by atoms with E-state index < -0.39 is 0 Å². The maximum absolute atomic E-state index is 12.7. The fourth-order valence-corrected chi connectivity index (χ4v) is 4.50. The molecule has 1 saturated heterocycles. The first-order valence-corrected chi connectivity index (χ1v) is 10.1. The molecule has 1 N–H and O–H groups in total. The highest BCUT2D eigenvalue weighted by Crippen LogP contribution is 2.30. The largest absolute Gasteiger partial charge is 0.350 e. The summed E-state index contributed by atoms with van der Waals surface area (Å²) in [6.45, 7) is 2.63. The number of nitrogens with one attached hydrogen (secondary N) is 1. The first-order chi connectivity index (χ1) is 12.7. The zero-order valence-corrected chi connectivity index (χ0v) is 15.9. The summed E-state index contributed by atoms with van der Waals surface area (Å²) in [6.07, 6.45) is 2.38. The van der Waals surface area contributed by atoms with Gasteiger partial charge in [-0.25, -0.2) is 4.98 Å². The van der Waals surface area contributed by atoms with E-state index >= 15 is 0 Å². The number of thiazole rings is 1. The Balaban J connectivity index is 1.52. The third kappa shape index (κ3) is 3.61. The maximum Gasteiger partial charge on any atom is 0.251 e. The van der Waals surface area contributed by atoms with Crippen molar-refractivity contribution < 1.29 is 4.79 Å². The van der Waals surface area contributed by atoms with Crippen molar-refractivity contribution in [2.75, 3.05) is 19.6 Å². The van der Waals surface area contributed by atoms with Crippen molar-refractivity contribution >= 4 is 39.1 Å². The van der Waals surface area contributed by atoms with Crippen LogP contribution < -0.4 is 5.32 Å². The number of hydrogen-bond acceptors (Lipinski definition) is 4. The number of amides is 1. The first kappa shape index (κ1) is 17.5. The summed E-state index contributed by atoms with van der Waals surface area (Å²) in [5.41, 5.74) is 4.47. The molecule has 1 aliphatic rings. The van der Waals surface area contributed by atoms with Crippen molar-refractivity contribution in [1.29, 1.82) is 0 Å². The minimum Gasteiger partial charge on any atom is -0.350 e. The van der Waals surface area contributed by atoms with Crippen LogP contribution in [-0.2, 0) is 0 Å². The Bertz CT molecular complexity index is 920. The summed E-state index contributed by atoms with van der Waals surface area (Å²) in [5, 5.41) is 3.86. The summed E-state index contributed by atoms with van der Waals surface area (Å²) in [4.78, 5) is 19.3. The molecule has 4 nitrogen and oxygen atoms in total. The number of likely N-dealkylation sites (tertiary alicyclic amines) is 1. The lowest BCUT2D eigenvalue weighted by Crippen LogP contribution is -2.37. The van der Waals surface area contributed by atoms with E-state index in [0.717, 1.165) is 33.9 Å². The van der Waals surface area contributed by atoms with Crippen LogP contribution in [0.2, 0.25) is 5.02 Å². The smallest absolute Gasteiger partial charge is 0.251 e. The fourth-order valence-electron chi connectivity index (χ4n) is 3.52. The molecular formula is C20H20ClN3OS. The average molecular weight is 386 g/mol. The van der Waals surface area contributed by atoms with Gasteiger partial charge in [0.2, 0.25) is 0 Å². The highest BCUT2D eigenvalue weighted by atomic mass is 35.5. The van der Waals surface area contributed by atoms with Crippen LogP contribution in [0, 0.1) is 0 Å². The zero-order chi connectivity index (χ0) is 17.9. The van der Waals surface area contributed by atoms with E-state index in [-0.39, 0.29) is 11.9 Å². The fraction of sp³-hybridized carbons (Fsp3) is 0.300. The molecule has 0 aliphatic carbocycles. The molecule has 1 unspecified atom stereocenters. The SMILES string of the molecule is O=C(NCC(c1ccccc1Cl)N1CCCC1)c1ccc2ncsc2c1. The van der Waals surface area contributed by atoms with Gasteiger partial charge in [-0.1, -0.05) is 29.8 Å². The van der Waals surface area contributed by atoms with E-state index in [2.05, 4.69) is 21.3 Å². The molecule has 1 amide bonds. The van der Waals surface area contributed by atoms with Crippen LogP contribution in [0.25, 0.3) is 10.2 Å². The monoisotopic (exact) mass is 385 g/mol. The highest BCUT2D eigenvalue weighted by Gasteiger charge is 2.25. The van der Waals surface area contributed by atoms with Gasteiger partial charge in [-0.05, 0) is 55.8 Å². The standard InChI is InChI=1S/C20H20ClN3OS/c21-16-6-2-1-5-15(16)18(24-9-3-4-10-24)12-22-20(25)14-7-8-17-19(11-14)26-13-23-17/h1-2,5-8,11,13,18H,3-4,9-10,12H2,(H,22,25). The van der Waals surface area contributed by atoms with Crippen LogP contribution in [-0.4, -0.2) is 35.4 Å². The number of nitrogens with zero attached hydrogens (tertiary/aromatic N) is 2. The van der Waals surface area contributed by atoms with Crippen molar-refractivity contribution in [2.45, 2.75) is 18.9 Å². The van der Waals surface area contributed by atoms with Crippen LogP contribution in [0.1, 0.15) is 34.8 Å². The number of hydrogen-bond donors (Lipinski definition) is 1. The van der Waals surface area contributed by atoms with Gasteiger partial charge in [-0.15, -0.1) is 11.3 Å². The molecule has 2 aromatic carbocycles. The Morgan fingerprint density at radius 2 is 2.04 bits per heavy atom. The maximum atomic E-state index is 12.7. The Hall–Kier alpha value is -1.95. The van der Waals surface area contributed by atoms with Gasteiger partial charge in [0.15, 0.2) is 0 Å². The van der Waals surface area contributed by atoms with Gasteiger partial charge in [0.05, 0.1) is 21.8 Å². The Labute approximate surface area is 161 Å². The first-order valence-electron chi connectivity index (χ1n) is 8.82. The van der Waals surface area contributed by atoms with Crippen molar-refractivity contribution in [3.05, 3.63) is 64.1 Å². The van der Waals surface area contributed by atoms with Gasteiger partial charge in [0.25, 0.3) is 5.91 Å². The number of aromatic nitrogens is 1.